The Morgan fingerprint density at radius 3 is 2.50 bits per heavy atom. The number of aliphatic carboxylic acids is 1. The molecule has 1 atom stereocenters. The van der Waals surface area contributed by atoms with E-state index in [-0.39, 0.29) is 18.1 Å². The summed E-state index contributed by atoms with van der Waals surface area (Å²) in [4.78, 5) is 10.8. The van der Waals surface area contributed by atoms with E-state index in [9.17, 15) is 4.79 Å². The van der Waals surface area contributed by atoms with Crippen LogP contribution in [-0.2, 0) is 14.3 Å². The van der Waals surface area contributed by atoms with Crippen molar-refractivity contribution in [2.75, 3.05) is 13.7 Å². The third-order valence-corrected chi connectivity index (χ3v) is 3.18. The zero-order valence-electron chi connectivity index (χ0n) is 10.1. The van der Waals surface area contributed by atoms with Crippen LogP contribution in [-0.4, -0.2) is 37.0 Å². The molecular weight excluding hydrogens is 208 g/mol. The van der Waals surface area contributed by atoms with Crippen molar-refractivity contribution in [3.63, 3.8) is 0 Å². The number of carbonyl (C=O) groups is 1. The number of ether oxygens (including phenoxy) is 2. The normalized spacial score (nSPS) is 27.6. The summed E-state index contributed by atoms with van der Waals surface area (Å²) in [6.45, 7) is 2.76. The van der Waals surface area contributed by atoms with E-state index in [0.717, 1.165) is 32.1 Å². The number of hydrogen-bond donors (Lipinski definition) is 1. The summed E-state index contributed by atoms with van der Waals surface area (Å²) in [6, 6.07) is 0. The largest absolute Gasteiger partial charge is 0.481 e. The molecule has 0 radical (unpaired) electrons. The van der Waals surface area contributed by atoms with Gasteiger partial charge in [0.2, 0.25) is 0 Å². The van der Waals surface area contributed by atoms with E-state index in [2.05, 4.69) is 0 Å². The summed E-state index contributed by atoms with van der Waals surface area (Å²) in [5.74, 6) is -0.819. The van der Waals surface area contributed by atoms with E-state index < -0.39 is 5.97 Å². The molecule has 1 N–H and O–H groups in total. The molecule has 4 heteroatoms. The van der Waals surface area contributed by atoms with Gasteiger partial charge in [0, 0.05) is 13.7 Å². The first-order valence-corrected chi connectivity index (χ1v) is 6.00. The second kappa shape index (κ2) is 6.86. The van der Waals surface area contributed by atoms with Crippen LogP contribution in [0, 0.1) is 5.92 Å². The van der Waals surface area contributed by atoms with Crippen molar-refractivity contribution >= 4 is 5.97 Å². The van der Waals surface area contributed by atoms with Crippen molar-refractivity contribution in [2.24, 2.45) is 5.92 Å². The van der Waals surface area contributed by atoms with Gasteiger partial charge in [-0.1, -0.05) is 0 Å². The van der Waals surface area contributed by atoms with E-state index >= 15 is 0 Å². The van der Waals surface area contributed by atoms with Gasteiger partial charge in [0.15, 0.2) is 0 Å². The van der Waals surface area contributed by atoms with Crippen LogP contribution < -0.4 is 0 Å². The molecule has 1 rings (SSSR count). The Balaban J connectivity index is 2.18. The second-order valence-corrected chi connectivity index (χ2v) is 4.54. The highest BCUT2D eigenvalue weighted by atomic mass is 16.5. The number of carboxylic acid groups (broad SMARTS) is 1. The molecule has 1 fully saturated rings. The zero-order chi connectivity index (χ0) is 12.0. The Morgan fingerprint density at radius 1 is 1.38 bits per heavy atom. The first-order valence-electron chi connectivity index (χ1n) is 6.00. The maximum atomic E-state index is 10.8. The fourth-order valence-electron chi connectivity index (χ4n) is 2.13. The van der Waals surface area contributed by atoms with Crippen LogP contribution in [0.5, 0.6) is 0 Å². The van der Waals surface area contributed by atoms with Crippen molar-refractivity contribution < 1.29 is 19.4 Å². The zero-order valence-corrected chi connectivity index (χ0v) is 10.1. The predicted molar refractivity (Wildman–Crippen MR) is 60.4 cm³/mol. The minimum Gasteiger partial charge on any atom is -0.481 e. The molecule has 0 aliphatic heterocycles. The molecule has 0 spiro atoms. The quantitative estimate of drug-likeness (QED) is 0.759. The molecule has 0 amide bonds. The van der Waals surface area contributed by atoms with Crippen LogP contribution in [0.2, 0.25) is 0 Å². The SMILES string of the molecule is COCCC(C)OC1CCC(C(=O)O)CC1. The fraction of sp³-hybridized carbons (Fsp3) is 0.917. The molecule has 0 saturated heterocycles. The standard InChI is InChI=1S/C12H22O4/c1-9(7-8-15-2)16-11-5-3-10(4-6-11)12(13)14/h9-11H,3-8H2,1-2H3,(H,13,14). The monoisotopic (exact) mass is 230 g/mol. The maximum absolute atomic E-state index is 10.8. The first-order chi connectivity index (χ1) is 7.63. The third kappa shape index (κ3) is 4.49. The lowest BCUT2D eigenvalue weighted by Gasteiger charge is -2.28. The van der Waals surface area contributed by atoms with E-state index in [1.807, 2.05) is 6.92 Å². The van der Waals surface area contributed by atoms with E-state index in [4.69, 9.17) is 14.6 Å². The predicted octanol–water partition coefficient (Wildman–Crippen LogP) is 2.07. The first kappa shape index (κ1) is 13.5. The molecular formula is C12H22O4. The van der Waals surface area contributed by atoms with Gasteiger partial charge in [-0.25, -0.2) is 0 Å². The van der Waals surface area contributed by atoms with Crippen LogP contribution in [0.3, 0.4) is 0 Å². The molecule has 0 heterocycles. The topological polar surface area (TPSA) is 55.8 Å². The molecule has 16 heavy (non-hydrogen) atoms. The summed E-state index contributed by atoms with van der Waals surface area (Å²) in [5.41, 5.74) is 0. The number of methoxy groups -OCH3 is 1. The van der Waals surface area contributed by atoms with Crippen molar-refractivity contribution in [1.82, 2.24) is 0 Å². The van der Waals surface area contributed by atoms with Gasteiger partial charge >= 0.3 is 5.97 Å². The Kier molecular flexibility index (Phi) is 5.77. The van der Waals surface area contributed by atoms with Gasteiger partial charge in [-0.3, -0.25) is 4.79 Å². The van der Waals surface area contributed by atoms with Gasteiger partial charge in [0.1, 0.15) is 0 Å². The molecule has 0 aromatic heterocycles. The van der Waals surface area contributed by atoms with Gasteiger partial charge in [-0.05, 0) is 39.0 Å². The van der Waals surface area contributed by atoms with Crippen molar-refractivity contribution in [3.8, 4) is 0 Å². The van der Waals surface area contributed by atoms with E-state index in [1.165, 1.54) is 0 Å². The van der Waals surface area contributed by atoms with E-state index in [0.29, 0.717) is 6.61 Å². The smallest absolute Gasteiger partial charge is 0.306 e. The summed E-state index contributed by atoms with van der Waals surface area (Å²) in [5, 5.41) is 8.87. The highest BCUT2D eigenvalue weighted by Gasteiger charge is 2.27. The van der Waals surface area contributed by atoms with Crippen molar-refractivity contribution in [2.45, 2.75) is 51.2 Å². The maximum Gasteiger partial charge on any atom is 0.306 e. The minimum absolute atomic E-state index is 0.158. The van der Waals surface area contributed by atoms with Crippen LogP contribution in [0.1, 0.15) is 39.0 Å². The molecule has 0 aromatic rings. The summed E-state index contributed by atoms with van der Waals surface area (Å²) in [7, 11) is 1.69. The van der Waals surface area contributed by atoms with Crippen LogP contribution in [0.4, 0.5) is 0 Å². The third-order valence-electron chi connectivity index (χ3n) is 3.18. The van der Waals surface area contributed by atoms with Gasteiger partial charge in [0.25, 0.3) is 0 Å². The Morgan fingerprint density at radius 2 is 2.00 bits per heavy atom. The lowest BCUT2D eigenvalue weighted by molar-refractivity contribution is -0.144. The number of carboxylic acids is 1. The van der Waals surface area contributed by atoms with Crippen LogP contribution >= 0.6 is 0 Å². The summed E-state index contributed by atoms with van der Waals surface area (Å²) in [6.07, 6.45) is 4.57. The van der Waals surface area contributed by atoms with Crippen LogP contribution in [0.15, 0.2) is 0 Å². The van der Waals surface area contributed by atoms with Crippen molar-refractivity contribution in [3.05, 3.63) is 0 Å². The summed E-state index contributed by atoms with van der Waals surface area (Å²) >= 11 is 0. The van der Waals surface area contributed by atoms with Crippen molar-refractivity contribution in [1.29, 1.82) is 0 Å². The molecule has 1 saturated carbocycles. The highest BCUT2D eigenvalue weighted by molar-refractivity contribution is 5.70. The molecule has 0 bridgehead atoms. The molecule has 1 aliphatic carbocycles. The van der Waals surface area contributed by atoms with Gasteiger partial charge in [-0.15, -0.1) is 0 Å². The summed E-state index contributed by atoms with van der Waals surface area (Å²) < 4.78 is 10.8. The highest BCUT2D eigenvalue weighted by Crippen LogP contribution is 2.27. The van der Waals surface area contributed by atoms with Gasteiger partial charge < -0.3 is 14.6 Å². The van der Waals surface area contributed by atoms with Gasteiger partial charge in [-0.2, -0.15) is 0 Å². The molecule has 94 valence electrons. The minimum atomic E-state index is -0.661. The molecule has 0 aromatic carbocycles. The molecule has 1 unspecified atom stereocenters. The second-order valence-electron chi connectivity index (χ2n) is 4.54. The number of rotatable bonds is 6. The van der Waals surface area contributed by atoms with Gasteiger partial charge in [0.05, 0.1) is 18.1 Å². The molecule has 4 nitrogen and oxygen atoms in total. The average molecular weight is 230 g/mol. The van der Waals surface area contributed by atoms with E-state index in [1.54, 1.807) is 7.11 Å². The fourth-order valence-corrected chi connectivity index (χ4v) is 2.13. The Labute approximate surface area is 96.9 Å². The lowest BCUT2D eigenvalue weighted by atomic mass is 9.87. The lowest BCUT2D eigenvalue weighted by Crippen LogP contribution is -2.28. The van der Waals surface area contributed by atoms with Crippen LogP contribution in [0.25, 0.3) is 0 Å². The Hall–Kier alpha value is -0.610. The number of hydrogen-bond acceptors (Lipinski definition) is 3. The average Bonchev–Trinajstić information content (AvgIpc) is 2.27. The molecule has 1 aliphatic rings. The Bertz CT molecular complexity index is 209.